The Morgan fingerprint density at radius 1 is 1.00 bits per heavy atom. The Morgan fingerprint density at radius 3 is 1.67 bits per heavy atom. The summed E-state index contributed by atoms with van der Waals surface area (Å²) < 4.78 is 0.163. The van der Waals surface area contributed by atoms with Gasteiger partial charge in [-0.2, -0.15) is 4.65 Å². The van der Waals surface area contributed by atoms with Crippen LogP contribution < -0.4 is 0 Å². The van der Waals surface area contributed by atoms with Crippen LogP contribution in [0.4, 0.5) is 17.1 Å². The number of phenolic OH excluding ortho intramolecular Hbond substituents is 1. The van der Waals surface area contributed by atoms with E-state index in [1.165, 1.54) is 0 Å². The van der Waals surface area contributed by atoms with Crippen molar-refractivity contribution in [3.05, 3.63) is 55.1 Å². The molecule has 0 aliphatic heterocycles. The van der Waals surface area contributed by atoms with Crippen LogP contribution in [-0.4, -0.2) is 49.4 Å². The average molecular weight is 387 g/mol. The molecule has 0 unspecified atom stereocenters. The van der Waals surface area contributed by atoms with Crippen molar-refractivity contribution < 1.29 is 29.7 Å². The standard InChI is InChI=1S/C9H20NO.C6H3N3O7/c1-4-7-10(11,8-5-2)9-6-3;10-6-4(8(13)14)1-3(7(11)12)2-5(6)9(15)16/h4,11H,1,5-9H2,2-3H3;1-2,10H/q+1;. The molecule has 12 nitrogen and oxygen atoms in total. The Labute approximate surface area is 155 Å². The molecule has 0 aliphatic carbocycles. The fraction of sp³-hybridized carbons (Fsp3) is 0.467. The van der Waals surface area contributed by atoms with E-state index in [0.29, 0.717) is 18.7 Å². The van der Waals surface area contributed by atoms with Gasteiger partial charge in [0.1, 0.15) is 19.6 Å². The van der Waals surface area contributed by atoms with Gasteiger partial charge in [0.15, 0.2) is 0 Å². The summed E-state index contributed by atoms with van der Waals surface area (Å²) in [6.07, 6.45) is 3.82. The SMILES string of the molecule is C=CC[N+](O)(CCC)CCC.O=[N+]([O-])c1cc([N+](=O)[O-])c(O)c([N+](=O)[O-])c1. The maximum atomic E-state index is 10.4. The lowest BCUT2D eigenvalue weighted by Gasteiger charge is -2.28. The Bertz CT molecular complexity index is 666. The quantitative estimate of drug-likeness (QED) is 0.281. The van der Waals surface area contributed by atoms with E-state index in [2.05, 4.69) is 20.4 Å². The Hall–Kier alpha value is -3.12. The summed E-state index contributed by atoms with van der Waals surface area (Å²) in [5, 5.41) is 50.1. The maximum Gasteiger partial charge on any atom is 0.324 e. The van der Waals surface area contributed by atoms with Crippen molar-refractivity contribution in [1.82, 2.24) is 0 Å². The summed E-state index contributed by atoms with van der Waals surface area (Å²) in [6, 6.07) is 0.894. The molecule has 0 spiro atoms. The number of non-ortho nitro benzene ring substituents is 1. The number of rotatable bonds is 9. The van der Waals surface area contributed by atoms with Gasteiger partial charge in [0.2, 0.25) is 0 Å². The molecule has 1 rings (SSSR count). The minimum Gasteiger partial charge on any atom is -0.497 e. The molecule has 0 fully saturated rings. The molecule has 0 amide bonds. The third kappa shape index (κ3) is 7.33. The highest BCUT2D eigenvalue weighted by Crippen LogP contribution is 2.38. The van der Waals surface area contributed by atoms with Crippen LogP contribution in [0.2, 0.25) is 0 Å². The fourth-order valence-electron chi connectivity index (χ4n) is 2.34. The molecule has 12 heteroatoms. The summed E-state index contributed by atoms with van der Waals surface area (Å²) in [5.41, 5.74) is -3.00. The molecule has 150 valence electrons. The van der Waals surface area contributed by atoms with Crippen LogP contribution in [0.3, 0.4) is 0 Å². The van der Waals surface area contributed by atoms with Gasteiger partial charge in [0.25, 0.3) is 11.4 Å². The van der Waals surface area contributed by atoms with Crippen LogP contribution in [-0.2, 0) is 0 Å². The number of nitro groups is 3. The summed E-state index contributed by atoms with van der Waals surface area (Å²) in [7, 11) is 0. The second kappa shape index (κ2) is 10.8. The number of nitrogens with zero attached hydrogens (tertiary/aromatic N) is 4. The van der Waals surface area contributed by atoms with Gasteiger partial charge in [-0.3, -0.25) is 30.3 Å². The average Bonchev–Trinajstić information content (AvgIpc) is 2.55. The van der Waals surface area contributed by atoms with Crippen molar-refractivity contribution in [2.45, 2.75) is 26.7 Å². The first-order valence-electron chi connectivity index (χ1n) is 8.02. The maximum absolute atomic E-state index is 10.4. The number of hydrogen-bond donors (Lipinski definition) is 2. The Kier molecular flexibility index (Phi) is 9.53. The van der Waals surface area contributed by atoms with Crippen molar-refractivity contribution in [2.24, 2.45) is 0 Å². The number of aromatic hydroxyl groups is 1. The lowest BCUT2D eigenvalue weighted by molar-refractivity contribution is -1.10. The first-order chi connectivity index (χ1) is 12.5. The minimum atomic E-state index is -1.21. The summed E-state index contributed by atoms with van der Waals surface area (Å²) in [4.78, 5) is 27.8. The number of phenols is 1. The van der Waals surface area contributed by atoms with E-state index >= 15 is 0 Å². The van der Waals surface area contributed by atoms with Gasteiger partial charge in [-0.05, 0) is 18.9 Å². The van der Waals surface area contributed by atoms with Crippen molar-refractivity contribution in [3.63, 3.8) is 0 Å². The van der Waals surface area contributed by atoms with E-state index in [4.69, 9.17) is 5.11 Å². The first kappa shape index (κ1) is 23.9. The van der Waals surface area contributed by atoms with Gasteiger partial charge < -0.3 is 5.11 Å². The lowest BCUT2D eigenvalue weighted by atomic mass is 10.2. The molecule has 27 heavy (non-hydrogen) atoms. The van der Waals surface area contributed by atoms with E-state index in [-0.39, 0.29) is 4.65 Å². The van der Waals surface area contributed by atoms with Gasteiger partial charge in [0, 0.05) is 0 Å². The predicted molar refractivity (Wildman–Crippen MR) is 95.5 cm³/mol. The zero-order valence-corrected chi connectivity index (χ0v) is 15.1. The largest absolute Gasteiger partial charge is 0.497 e. The minimum absolute atomic E-state index is 0.163. The topological polar surface area (TPSA) is 170 Å². The van der Waals surface area contributed by atoms with Crippen molar-refractivity contribution >= 4 is 17.1 Å². The van der Waals surface area contributed by atoms with Crippen LogP contribution in [0.15, 0.2) is 24.8 Å². The molecule has 2 N–H and O–H groups in total. The van der Waals surface area contributed by atoms with E-state index in [0.717, 1.165) is 25.9 Å². The summed E-state index contributed by atoms with van der Waals surface area (Å²) >= 11 is 0. The fourth-order valence-corrected chi connectivity index (χ4v) is 2.34. The number of hydrogen-bond acceptors (Lipinski definition) is 8. The molecule has 0 saturated carbocycles. The Morgan fingerprint density at radius 2 is 1.41 bits per heavy atom. The predicted octanol–water partition coefficient (Wildman–Crippen LogP) is 3.32. The van der Waals surface area contributed by atoms with E-state index in [1.807, 2.05) is 0 Å². The van der Waals surface area contributed by atoms with Gasteiger partial charge in [-0.15, -0.1) is 0 Å². The highest BCUT2D eigenvalue weighted by atomic mass is 16.6. The third-order valence-corrected chi connectivity index (χ3v) is 3.41. The zero-order chi connectivity index (χ0) is 21.2. The van der Waals surface area contributed by atoms with Gasteiger partial charge >= 0.3 is 11.4 Å². The second-order valence-corrected chi connectivity index (χ2v) is 5.62. The van der Waals surface area contributed by atoms with Gasteiger partial charge in [-0.1, -0.05) is 20.4 Å². The zero-order valence-electron chi connectivity index (χ0n) is 15.1. The first-order valence-corrected chi connectivity index (χ1v) is 8.02. The highest BCUT2D eigenvalue weighted by Gasteiger charge is 2.30. The lowest BCUT2D eigenvalue weighted by Crippen LogP contribution is -2.45. The van der Waals surface area contributed by atoms with Crippen LogP contribution in [0.1, 0.15) is 26.7 Å². The number of hydroxylamine groups is 3. The molecular formula is C15H23N4O8+. The van der Waals surface area contributed by atoms with Crippen molar-refractivity contribution in [1.29, 1.82) is 0 Å². The van der Waals surface area contributed by atoms with E-state index in [1.54, 1.807) is 6.08 Å². The molecule has 1 aromatic carbocycles. The van der Waals surface area contributed by atoms with Gasteiger partial charge in [0.05, 0.1) is 26.9 Å². The van der Waals surface area contributed by atoms with Gasteiger partial charge in [-0.25, -0.2) is 5.21 Å². The molecule has 0 aromatic heterocycles. The van der Waals surface area contributed by atoms with Crippen molar-refractivity contribution in [3.8, 4) is 5.75 Å². The molecule has 0 atom stereocenters. The molecule has 0 heterocycles. The number of nitro benzene ring substituents is 3. The molecular weight excluding hydrogens is 364 g/mol. The van der Waals surface area contributed by atoms with Crippen LogP contribution in [0, 0.1) is 30.3 Å². The number of benzene rings is 1. The molecule has 0 saturated heterocycles. The highest BCUT2D eigenvalue weighted by molar-refractivity contribution is 5.64. The Balaban J connectivity index is 0.000000541. The summed E-state index contributed by atoms with van der Waals surface area (Å²) in [5.74, 6) is -1.21. The monoisotopic (exact) mass is 387 g/mol. The van der Waals surface area contributed by atoms with E-state index < -0.39 is 37.6 Å². The molecule has 0 bridgehead atoms. The third-order valence-electron chi connectivity index (χ3n) is 3.41. The molecule has 1 aromatic rings. The smallest absolute Gasteiger partial charge is 0.324 e. The van der Waals surface area contributed by atoms with Crippen LogP contribution >= 0.6 is 0 Å². The van der Waals surface area contributed by atoms with Crippen LogP contribution in [0.25, 0.3) is 0 Å². The number of quaternary nitrogens is 1. The van der Waals surface area contributed by atoms with E-state index in [9.17, 15) is 35.6 Å². The van der Waals surface area contributed by atoms with Crippen molar-refractivity contribution in [2.75, 3.05) is 19.6 Å². The molecule has 0 aliphatic rings. The molecule has 0 radical (unpaired) electrons. The second-order valence-electron chi connectivity index (χ2n) is 5.62. The summed E-state index contributed by atoms with van der Waals surface area (Å²) in [6.45, 7) is 10.1. The van der Waals surface area contributed by atoms with Crippen LogP contribution in [0.5, 0.6) is 5.75 Å². The normalized spacial score (nSPS) is 10.5.